The summed E-state index contributed by atoms with van der Waals surface area (Å²) in [6, 6.07) is 8.83. The summed E-state index contributed by atoms with van der Waals surface area (Å²) in [5, 5.41) is 2.53. The van der Waals surface area contributed by atoms with Gasteiger partial charge in [0.05, 0.1) is 5.39 Å². The standard InChI is InChI=1S/C20H21N5S/c1-24(2)19-18-15-6-8-25(11-17(15)26-20(18)23-12-22-19)10-13-3-4-14-5-7-21-16(14)9-13/h3-5,7,9,12,21H,6,8,10-11H2,1-2H3. The molecule has 4 aromatic rings. The van der Waals surface area contributed by atoms with Gasteiger partial charge in [0.2, 0.25) is 0 Å². The topological polar surface area (TPSA) is 48.1 Å². The molecule has 1 aliphatic heterocycles. The van der Waals surface area contributed by atoms with Crippen LogP contribution in [0.15, 0.2) is 36.8 Å². The van der Waals surface area contributed by atoms with Crippen molar-refractivity contribution in [3.63, 3.8) is 0 Å². The summed E-state index contributed by atoms with van der Waals surface area (Å²) in [4.78, 5) is 19.5. The zero-order valence-electron chi connectivity index (χ0n) is 15.0. The van der Waals surface area contributed by atoms with Gasteiger partial charge in [0.15, 0.2) is 0 Å². The second kappa shape index (κ2) is 6.07. The number of H-pyrrole nitrogens is 1. The Bertz CT molecular complexity index is 1090. The number of hydrogen-bond acceptors (Lipinski definition) is 5. The molecule has 0 fully saturated rings. The van der Waals surface area contributed by atoms with Gasteiger partial charge < -0.3 is 9.88 Å². The summed E-state index contributed by atoms with van der Waals surface area (Å²) in [7, 11) is 4.11. The minimum atomic E-state index is 0.981. The smallest absolute Gasteiger partial charge is 0.140 e. The van der Waals surface area contributed by atoms with E-state index in [1.165, 1.54) is 32.3 Å². The summed E-state index contributed by atoms with van der Waals surface area (Å²) in [6.07, 6.45) is 4.75. The number of aromatic nitrogens is 3. The number of rotatable bonds is 3. The van der Waals surface area contributed by atoms with Gasteiger partial charge in [-0.2, -0.15) is 0 Å². The third-order valence-corrected chi connectivity index (χ3v) is 6.27. The Kier molecular flexibility index (Phi) is 3.69. The summed E-state index contributed by atoms with van der Waals surface area (Å²) in [5.74, 6) is 1.04. The second-order valence-corrected chi connectivity index (χ2v) is 8.22. The van der Waals surface area contributed by atoms with Gasteiger partial charge in [0.25, 0.3) is 0 Å². The van der Waals surface area contributed by atoms with E-state index < -0.39 is 0 Å². The third kappa shape index (κ3) is 2.57. The second-order valence-electron chi connectivity index (χ2n) is 7.14. The van der Waals surface area contributed by atoms with E-state index in [9.17, 15) is 0 Å². The van der Waals surface area contributed by atoms with Crippen molar-refractivity contribution in [3.8, 4) is 0 Å². The highest BCUT2D eigenvalue weighted by Gasteiger charge is 2.24. The molecule has 1 N–H and O–H groups in total. The molecule has 0 radical (unpaired) electrons. The fourth-order valence-electron chi connectivity index (χ4n) is 3.89. The highest BCUT2D eigenvalue weighted by Crippen LogP contribution is 2.38. The molecule has 0 aliphatic carbocycles. The lowest BCUT2D eigenvalue weighted by atomic mass is 10.0. The van der Waals surface area contributed by atoms with Crippen molar-refractivity contribution >= 4 is 38.3 Å². The van der Waals surface area contributed by atoms with Gasteiger partial charge >= 0.3 is 0 Å². The van der Waals surface area contributed by atoms with Gasteiger partial charge in [-0.15, -0.1) is 11.3 Å². The molecule has 0 amide bonds. The van der Waals surface area contributed by atoms with Crippen molar-refractivity contribution in [2.45, 2.75) is 19.5 Å². The number of benzene rings is 1. The lowest BCUT2D eigenvalue weighted by molar-refractivity contribution is 0.249. The van der Waals surface area contributed by atoms with Crippen LogP contribution in [-0.2, 0) is 19.5 Å². The Labute approximate surface area is 156 Å². The van der Waals surface area contributed by atoms with Gasteiger partial charge in [-0.3, -0.25) is 4.90 Å². The van der Waals surface area contributed by atoms with Crippen LogP contribution < -0.4 is 4.90 Å². The maximum absolute atomic E-state index is 4.52. The van der Waals surface area contributed by atoms with Crippen molar-refractivity contribution in [3.05, 3.63) is 52.8 Å². The number of nitrogens with zero attached hydrogens (tertiary/aromatic N) is 4. The van der Waals surface area contributed by atoms with Crippen LogP contribution in [0.25, 0.3) is 21.1 Å². The van der Waals surface area contributed by atoms with Crippen LogP contribution in [0.4, 0.5) is 5.82 Å². The number of nitrogens with one attached hydrogen (secondary N) is 1. The van der Waals surface area contributed by atoms with E-state index >= 15 is 0 Å². The Morgan fingerprint density at radius 1 is 1.23 bits per heavy atom. The normalized spacial score (nSPS) is 14.8. The first-order valence-electron chi connectivity index (χ1n) is 8.90. The molecule has 3 aromatic heterocycles. The molecule has 1 aliphatic rings. The lowest BCUT2D eigenvalue weighted by Gasteiger charge is -2.27. The highest BCUT2D eigenvalue weighted by atomic mass is 32.1. The Hall–Kier alpha value is -2.44. The van der Waals surface area contributed by atoms with Gasteiger partial charge in [0, 0.05) is 50.3 Å². The van der Waals surface area contributed by atoms with Crippen molar-refractivity contribution in [1.82, 2.24) is 19.9 Å². The Morgan fingerprint density at radius 2 is 2.15 bits per heavy atom. The molecule has 4 heterocycles. The Morgan fingerprint density at radius 3 is 3.04 bits per heavy atom. The molecule has 5 nitrogen and oxygen atoms in total. The van der Waals surface area contributed by atoms with E-state index in [0.717, 1.165) is 36.7 Å². The van der Waals surface area contributed by atoms with Gasteiger partial charge in [-0.25, -0.2) is 9.97 Å². The Balaban J connectivity index is 1.44. The van der Waals surface area contributed by atoms with Crippen molar-refractivity contribution in [1.29, 1.82) is 0 Å². The van der Waals surface area contributed by atoms with Crippen LogP contribution in [0, 0.1) is 0 Å². The maximum atomic E-state index is 4.52. The van der Waals surface area contributed by atoms with Crippen LogP contribution in [0.2, 0.25) is 0 Å². The van der Waals surface area contributed by atoms with Crippen LogP contribution in [0.5, 0.6) is 0 Å². The molecule has 26 heavy (non-hydrogen) atoms. The third-order valence-electron chi connectivity index (χ3n) is 5.15. The molecule has 6 heteroatoms. The molecule has 0 spiro atoms. The quantitative estimate of drug-likeness (QED) is 0.601. The minimum Gasteiger partial charge on any atom is -0.362 e. The van der Waals surface area contributed by atoms with E-state index in [1.807, 2.05) is 17.5 Å². The van der Waals surface area contributed by atoms with Gasteiger partial charge in [-0.05, 0) is 35.1 Å². The predicted molar refractivity (Wildman–Crippen MR) is 108 cm³/mol. The molecular formula is C20H21N5S. The molecule has 0 atom stereocenters. The highest BCUT2D eigenvalue weighted by molar-refractivity contribution is 7.19. The summed E-state index contributed by atoms with van der Waals surface area (Å²) < 4.78 is 0. The average Bonchev–Trinajstić information content (AvgIpc) is 3.24. The molecule has 0 unspecified atom stereocenters. The maximum Gasteiger partial charge on any atom is 0.140 e. The lowest BCUT2D eigenvalue weighted by Crippen LogP contribution is -2.29. The number of anilines is 1. The minimum absolute atomic E-state index is 0.981. The molecule has 0 saturated heterocycles. The fraction of sp³-hybridized carbons (Fsp3) is 0.300. The number of aromatic amines is 1. The van der Waals surface area contributed by atoms with Gasteiger partial charge in [-0.1, -0.05) is 12.1 Å². The predicted octanol–water partition coefficient (Wildman–Crippen LogP) is 3.80. The molecule has 132 valence electrons. The largest absolute Gasteiger partial charge is 0.362 e. The van der Waals surface area contributed by atoms with Crippen LogP contribution >= 0.6 is 11.3 Å². The van der Waals surface area contributed by atoms with E-state index in [0.29, 0.717) is 0 Å². The molecular weight excluding hydrogens is 342 g/mol. The zero-order chi connectivity index (χ0) is 17.7. The first-order chi connectivity index (χ1) is 12.7. The van der Waals surface area contributed by atoms with Crippen LogP contribution in [0.3, 0.4) is 0 Å². The van der Waals surface area contributed by atoms with E-state index in [2.05, 4.69) is 63.1 Å². The van der Waals surface area contributed by atoms with Crippen molar-refractivity contribution in [2.24, 2.45) is 0 Å². The molecule has 5 rings (SSSR count). The van der Waals surface area contributed by atoms with Crippen molar-refractivity contribution in [2.75, 3.05) is 25.5 Å². The first-order valence-corrected chi connectivity index (χ1v) is 9.71. The SMILES string of the molecule is CN(C)c1ncnc2sc3c(c12)CCN(Cc1ccc2cc[nH]c2c1)C3. The summed E-state index contributed by atoms with van der Waals surface area (Å²) in [6.45, 7) is 3.05. The molecule has 1 aromatic carbocycles. The number of fused-ring (bicyclic) bond motifs is 4. The van der Waals surface area contributed by atoms with Crippen molar-refractivity contribution < 1.29 is 0 Å². The van der Waals surface area contributed by atoms with Gasteiger partial charge in [0.1, 0.15) is 17.0 Å². The van der Waals surface area contributed by atoms with E-state index in [4.69, 9.17) is 0 Å². The number of hydrogen-bond donors (Lipinski definition) is 1. The van der Waals surface area contributed by atoms with Crippen LogP contribution in [-0.4, -0.2) is 40.5 Å². The molecule has 0 bridgehead atoms. The van der Waals surface area contributed by atoms with E-state index in [1.54, 1.807) is 6.33 Å². The average molecular weight is 363 g/mol. The monoisotopic (exact) mass is 363 g/mol. The number of thiophene rings is 1. The summed E-state index contributed by atoms with van der Waals surface area (Å²) in [5.41, 5.74) is 4.02. The fourth-order valence-corrected chi connectivity index (χ4v) is 5.11. The summed E-state index contributed by atoms with van der Waals surface area (Å²) >= 11 is 1.82. The first kappa shape index (κ1) is 15.8. The van der Waals surface area contributed by atoms with Crippen LogP contribution in [0.1, 0.15) is 16.0 Å². The van der Waals surface area contributed by atoms with E-state index in [-0.39, 0.29) is 0 Å². The zero-order valence-corrected chi connectivity index (χ0v) is 15.8. The molecule has 0 saturated carbocycles.